The van der Waals surface area contributed by atoms with E-state index in [0.717, 1.165) is 6.54 Å². The Balaban J connectivity index is 3.15. The first-order chi connectivity index (χ1) is 3.77. The molecule has 0 aliphatic heterocycles. The van der Waals surface area contributed by atoms with Crippen molar-refractivity contribution in [3.8, 4) is 11.2 Å². The predicted molar refractivity (Wildman–Crippen MR) is 39.8 cm³/mol. The second-order valence-electron chi connectivity index (χ2n) is 1.72. The van der Waals surface area contributed by atoms with Crippen LogP contribution in [0.3, 0.4) is 0 Å². The minimum atomic E-state index is 0.862. The molecular weight excluding hydrogens is 118 g/mol. The van der Waals surface area contributed by atoms with Crippen LogP contribution in [0.4, 0.5) is 0 Å². The van der Waals surface area contributed by atoms with Crippen LogP contribution < -0.4 is 0 Å². The van der Waals surface area contributed by atoms with Crippen molar-refractivity contribution in [1.82, 2.24) is 4.90 Å². The third-order valence-electron chi connectivity index (χ3n) is 0.570. The first-order valence-electron chi connectivity index (χ1n) is 2.43. The first kappa shape index (κ1) is 7.87. The molecule has 0 aromatic heterocycles. The Kier molecular flexibility index (Phi) is 4.93. The number of hydrogen-bond donors (Lipinski definition) is 0. The summed E-state index contributed by atoms with van der Waals surface area (Å²) in [5.74, 6) is 2.97. The van der Waals surface area contributed by atoms with Crippen molar-refractivity contribution in [2.24, 2.45) is 0 Å². The van der Waals surface area contributed by atoms with Gasteiger partial charge in [-0.15, -0.1) is 0 Å². The van der Waals surface area contributed by atoms with Gasteiger partial charge in [-0.05, 0) is 25.6 Å². The zero-order valence-corrected chi connectivity index (χ0v) is 6.38. The Morgan fingerprint density at radius 1 is 1.50 bits per heavy atom. The molecule has 0 rings (SSSR count). The summed E-state index contributed by atoms with van der Waals surface area (Å²) < 4.78 is 0. The highest BCUT2D eigenvalue weighted by Crippen LogP contribution is 1.82. The molecule has 0 saturated carbocycles. The Hall–Kier alpha value is -0.130. The van der Waals surface area contributed by atoms with Crippen molar-refractivity contribution in [1.29, 1.82) is 0 Å². The molecule has 8 heavy (non-hydrogen) atoms. The van der Waals surface area contributed by atoms with E-state index < -0.39 is 0 Å². The summed E-state index contributed by atoms with van der Waals surface area (Å²) in [5, 5.41) is 2.90. The van der Waals surface area contributed by atoms with Crippen LogP contribution in [0.1, 0.15) is 0 Å². The van der Waals surface area contributed by atoms with Gasteiger partial charge in [-0.25, -0.2) is 0 Å². The average molecular weight is 129 g/mol. The Labute approximate surface area is 55.4 Å². The van der Waals surface area contributed by atoms with Crippen LogP contribution >= 0.6 is 11.8 Å². The number of rotatable bonds is 1. The minimum Gasteiger partial charge on any atom is -0.298 e. The number of hydrogen-bond acceptors (Lipinski definition) is 2. The average Bonchev–Trinajstić information content (AvgIpc) is 1.66. The molecule has 0 bridgehead atoms. The van der Waals surface area contributed by atoms with Gasteiger partial charge in [0, 0.05) is 0 Å². The smallest absolute Gasteiger partial charge is 0.0605 e. The van der Waals surface area contributed by atoms with Crippen molar-refractivity contribution in [2.45, 2.75) is 0 Å². The maximum atomic E-state index is 2.97. The van der Waals surface area contributed by atoms with Crippen molar-refractivity contribution < 1.29 is 0 Å². The Morgan fingerprint density at radius 2 is 2.12 bits per heavy atom. The van der Waals surface area contributed by atoms with Gasteiger partial charge in [0.25, 0.3) is 0 Å². The Bertz CT molecular complexity index is 98.8. The van der Waals surface area contributed by atoms with E-state index in [1.165, 1.54) is 0 Å². The summed E-state index contributed by atoms with van der Waals surface area (Å²) in [7, 11) is 4.02. The summed E-state index contributed by atoms with van der Waals surface area (Å²) in [5.41, 5.74) is 0. The molecule has 0 amide bonds. The lowest BCUT2D eigenvalue weighted by atomic mass is 10.6. The zero-order chi connectivity index (χ0) is 6.41. The lowest BCUT2D eigenvalue weighted by Crippen LogP contribution is -2.10. The van der Waals surface area contributed by atoms with Crippen LogP contribution in [-0.2, 0) is 0 Å². The molecule has 46 valence electrons. The van der Waals surface area contributed by atoms with E-state index in [9.17, 15) is 0 Å². The van der Waals surface area contributed by atoms with Gasteiger partial charge in [0.2, 0.25) is 0 Å². The summed E-state index contributed by atoms with van der Waals surface area (Å²) in [6.07, 6.45) is 1.97. The van der Waals surface area contributed by atoms with Gasteiger partial charge in [0.1, 0.15) is 0 Å². The second kappa shape index (κ2) is 5.02. The summed E-state index contributed by atoms with van der Waals surface area (Å²) in [6, 6.07) is 0. The molecule has 0 N–H and O–H groups in total. The standard InChI is InChI=1S/C6H11NS/c1-7(2)5-4-6-8-3/h5H2,1-3H3. The molecule has 0 atom stereocenters. The van der Waals surface area contributed by atoms with Crippen LogP contribution in [0.25, 0.3) is 0 Å². The van der Waals surface area contributed by atoms with Crippen LogP contribution in [0, 0.1) is 11.2 Å². The predicted octanol–water partition coefficient (Wildman–Crippen LogP) is 0.872. The molecule has 0 saturated heterocycles. The van der Waals surface area contributed by atoms with Gasteiger partial charge < -0.3 is 0 Å². The highest BCUT2D eigenvalue weighted by atomic mass is 32.2. The maximum absolute atomic E-state index is 2.97. The van der Waals surface area contributed by atoms with E-state index in [1.54, 1.807) is 11.8 Å². The van der Waals surface area contributed by atoms with Gasteiger partial charge in [-0.1, -0.05) is 17.7 Å². The summed E-state index contributed by atoms with van der Waals surface area (Å²) in [6.45, 7) is 0.862. The van der Waals surface area contributed by atoms with E-state index in [-0.39, 0.29) is 0 Å². The van der Waals surface area contributed by atoms with E-state index in [0.29, 0.717) is 0 Å². The van der Waals surface area contributed by atoms with Gasteiger partial charge in [-0.3, -0.25) is 4.90 Å². The monoisotopic (exact) mass is 129 g/mol. The fraction of sp³-hybridized carbons (Fsp3) is 0.667. The molecule has 2 heteroatoms. The summed E-state index contributed by atoms with van der Waals surface area (Å²) in [4.78, 5) is 2.04. The SMILES string of the molecule is CSC#CCN(C)C. The van der Waals surface area contributed by atoms with Gasteiger partial charge in [0.05, 0.1) is 6.54 Å². The van der Waals surface area contributed by atoms with Gasteiger partial charge >= 0.3 is 0 Å². The summed E-state index contributed by atoms with van der Waals surface area (Å²) >= 11 is 1.56. The lowest BCUT2D eigenvalue weighted by Gasteiger charge is -1.99. The lowest BCUT2D eigenvalue weighted by molar-refractivity contribution is 0.464. The van der Waals surface area contributed by atoms with Crippen molar-refractivity contribution in [3.05, 3.63) is 0 Å². The first-order valence-corrected chi connectivity index (χ1v) is 3.65. The molecule has 0 aliphatic carbocycles. The highest BCUT2D eigenvalue weighted by molar-refractivity contribution is 8.03. The Morgan fingerprint density at radius 3 is 2.50 bits per heavy atom. The van der Waals surface area contributed by atoms with Crippen molar-refractivity contribution in [2.75, 3.05) is 26.9 Å². The van der Waals surface area contributed by atoms with Crippen LogP contribution in [-0.4, -0.2) is 31.8 Å². The second-order valence-corrected chi connectivity index (χ2v) is 2.33. The van der Waals surface area contributed by atoms with Crippen LogP contribution in [0.5, 0.6) is 0 Å². The molecule has 0 spiro atoms. The van der Waals surface area contributed by atoms with Gasteiger partial charge in [0.15, 0.2) is 0 Å². The van der Waals surface area contributed by atoms with Crippen molar-refractivity contribution >= 4 is 11.8 Å². The fourth-order valence-electron chi connectivity index (χ4n) is 0.263. The van der Waals surface area contributed by atoms with Crippen LogP contribution in [0.2, 0.25) is 0 Å². The van der Waals surface area contributed by atoms with Gasteiger partial charge in [-0.2, -0.15) is 0 Å². The normalized spacial score (nSPS) is 8.50. The topological polar surface area (TPSA) is 3.24 Å². The molecule has 0 radical (unpaired) electrons. The molecule has 0 heterocycles. The van der Waals surface area contributed by atoms with Crippen LogP contribution in [0.15, 0.2) is 0 Å². The largest absolute Gasteiger partial charge is 0.298 e. The molecule has 0 aromatic rings. The molecular formula is C6H11NS. The van der Waals surface area contributed by atoms with E-state index in [4.69, 9.17) is 0 Å². The minimum absolute atomic E-state index is 0.862. The molecule has 1 nitrogen and oxygen atoms in total. The van der Waals surface area contributed by atoms with E-state index in [2.05, 4.69) is 11.2 Å². The molecule has 0 aliphatic rings. The number of thioether (sulfide) groups is 1. The molecule has 0 unspecified atom stereocenters. The highest BCUT2D eigenvalue weighted by Gasteiger charge is 1.77. The third-order valence-corrected chi connectivity index (χ3v) is 0.918. The number of nitrogens with zero attached hydrogens (tertiary/aromatic N) is 1. The van der Waals surface area contributed by atoms with E-state index in [1.807, 2.05) is 25.3 Å². The quantitative estimate of drug-likeness (QED) is 0.483. The van der Waals surface area contributed by atoms with Crippen molar-refractivity contribution in [3.63, 3.8) is 0 Å². The molecule has 0 fully saturated rings. The maximum Gasteiger partial charge on any atom is 0.0605 e. The zero-order valence-electron chi connectivity index (χ0n) is 5.56. The third kappa shape index (κ3) is 5.87. The fourth-order valence-corrected chi connectivity index (χ4v) is 0.471. The van der Waals surface area contributed by atoms with E-state index >= 15 is 0 Å². The molecule has 0 aromatic carbocycles.